The van der Waals surface area contributed by atoms with Crippen molar-refractivity contribution >= 4 is 28.8 Å². The highest BCUT2D eigenvalue weighted by atomic mass is 16.2. The average Bonchev–Trinajstić information content (AvgIpc) is 2.97. The maximum absolute atomic E-state index is 13.8. The molecule has 0 fully saturated rings. The number of nitrogens with zero attached hydrogens (tertiary/aromatic N) is 2. The van der Waals surface area contributed by atoms with Gasteiger partial charge in [0.25, 0.3) is 0 Å². The number of allylic oxidation sites excluding steroid dienone is 1. The lowest BCUT2D eigenvalue weighted by Gasteiger charge is -2.37. The average molecular weight is 474 g/mol. The van der Waals surface area contributed by atoms with Crippen LogP contribution in [0.5, 0.6) is 0 Å². The Balaban J connectivity index is 1.91. The van der Waals surface area contributed by atoms with Gasteiger partial charge >= 0.3 is 0 Å². The van der Waals surface area contributed by atoms with E-state index in [4.69, 9.17) is 0 Å². The summed E-state index contributed by atoms with van der Waals surface area (Å²) in [5.74, 6) is 0.188. The lowest BCUT2D eigenvalue weighted by molar-refractivity contribution is -0.119. The standard InChI is InChI=1S/C30H39N3O2/c1-6-9-14-27(35)33-25-13-11-10-12-23(25)31-24-19-30(4,5)20-26(34)28(24)29(33)21-15-17-22(18-16-21)32(7-2)8-3/h10-13,15-18,29,31H,6-9,14,19-20H2,1-5H3. The Morgan fingerprint density at radius 3 is 2.37 bits per heavy atom. The van der Waals surface area contributed by atoms with Gasteiger partial charge in [0.1, 0.15) is 0 Å². The molecule has 0 saturated heterocycles. The van der Waals surface area contributed by atoms with Crippen LogP contribution >= 0.6 is 0 Å². The van der Waals surface area contributed by atoms with Crippen LogP contribution in [0.1, 0.15) is 78.3 Å². The molecule has 5 nitrogen and oxygen atoms in total. The topological polar surface area (TPSA) is 52.7 Å². The van der Waals surface area contributed by atoms with Crippen LogP contribution in [0.4, 0.5) is 17.1 Å². The third-order valence-electron chi connectivity index (χ3n) is 7.25. The van der Waals surface area contributed by atoms with Crippen LogP contribution in [-0.4, -0.2) is 24.8 Å². The maximum Gasteiger partial charge on any atom is 0.227 e. The van der Waals surface area contributed by atoms with Crippen molar-refractivity contribution in [1.29, 1.82) is 0 Å². The number of carbonyl (C=O) groups is 2. The fourth-order valence-corrected chi connectivity index (χ4v) is 5.48. The Labute approximate surface area is 210 Å². The number of Topliss-reactive ketones (excluding diaryl/α,β-unsaturated/α-hetero) is 1. The maximum atomic E-state index is 13.8. The van der Waals surface area contributed by atoms with Crippen molar-refractivity contribution < 1.29 is 9.59 Å². The van der Waals surface area contributed by atoms with Gasteiger partial charge in [-0.25, -0.2) is 0 Å². The molecule has 4 rings (SSSR count). The van der Waals surface area contributed by atoms with Gasteiger partial charge in [-0.05, 0) is 61.9 Å². The monoisotopic (exact) mass is 473 g/mol. The summed E-state index contributed by atoms with van der Waals surface area (Å²) >= 11 is 0. The highest BCUT2D eigenvalue weighted by Gasteiger charge is 2.43. The number of unbranched alkanes of at least 4 members (excludes halogenated alkanes) is 1. The molecule has 1 aliphatic carbocycles. The number of fused-ring (bicyclic) bond motifs is 1. The van der Waals surface area contributed by atoms with E-state index in [-0.39, 0.29) is 17.1 Å². The molecule has 1 atom stereocenters. The largest absolute Gasteiger partial charge is 0.372 e. The number of anilines is 3. The molecule has 1 heterocycles. The second-order valence-electron chi connectivity index (χ2n) is 10.5. The molecule has 0 aromatic heterocycles. The number of benzene rings is 2. The number of rotatable bonds is 7. The van der Waals surface area contributed by atoms with E-state index in [1.54, 1.807) is 0 Å². The van der Waals surface area contributed by atoms with E-state index < -0.39 is 6.04 Å². The second kappa shape index (κ2) is 10.3. The molecular weight excluding hydrogens is 434 g/mol. The number of carbonyl (C=O) groups excluding carboxylic acids is 2. The fourth-order valence-electron chi connectivity index (χ4n) is 5.48. The van der Waals surface area contributed by atoms with Gasteiger partial charge in [0.05, 0.1) is 17.4 Å². The fraction of sp³-hybridized carbons (Fsp3) is 0.467. The van der Waals surface area contributed by atoms with Gasteiger partial charge in [0.2, 0.25) is 5.91 Å². The van der Waals surface area contributed by atoms with Crippen LogP contribution in [0, 0.1) is 5.41 Å². The number of hydrogen-bond donors (Lipinski definition) is 1. The van der Waals surface area contributed by atoms with Gasteiger partial charge in [-0.2, -0.15) is 0 Å². The van der Waals surface area contributed by atoms with Gasteiger partial charge in [0, 0.05) is 42.9 Å². The molecule has 1 aliphatic heterocycles. The van der Waals surface area contributed by atoms with Gasteiger partial charge < -0.3 is 10.2 Å². The predicted molar refractivity (Wildman–Crippen MR) is 145 cm³/mol. The van der Waals surface area contributed by atoms with E-state index in [2.05, 4.69) is 69.1 Å². The molecular formula is C30H39N3O2. The van der Waals surface area contributed by atoms with Crippen LogP contribution in [-0.2, 0) is 9.59 Å². The summed E-state index contributed by atoms with van der Waals surface area (Å²) in [6.07, 6.45) is 3.48. The highest BCUT2D eigenvalue weighted by Crippen LogP contribution is 2.48. The first-order valence-electron chi connectivity index (χ1n) is 13.1. The van der Waals surface area contributed by atoms with Crippen LogP contribution in [0.25, 0.3) is 0 Å². The summed E-state index contributed by atoms with van der Waals surface area (Å²) in [6, 6.07) is 16.0. The third kappa shape index (κ3) is 5.00. The Morgan fingerprint density at radius 2 is 1.71 bits per heavy atom. The summed E-state index contributed by atoms with van der Waals surface area (Å²) < 4.78 is 0. The predicted octanol–water partition coefficient (Wildman–Crippen LogP) is 6.87. The molecule has 1 N–H and O–H groups in total. The highest BCUT2D eigenvalue weighted by molar-refractivity contribution is 6.06. The zero-order chi connectivity index (χ0) is 25.2. The van der Waals surface area contributed by atoms with E-state index in [0.29, 0.717) is 12.8 Å². The molecule has 2 aromatic rings. The lowest BCUT2D eigenvalue weighted by atomic mass is 9.73. The van der Waals surface area contributed by atoms with Gasteiger partial charge in [-0.15, -0.1) is 0 Å². The van der Waals surface area contributed by atoms with Crippen LogP contribution in [0.3, 0.4) is 0 Å². The molecule has 1 unspecified atom stereocenters. The third-order valence-corrected chi connectivity index (χ3v) is 7.25. The quantitative estimate of drug-likeness (QED) is 0.477. The van der Waals surface area contributed by atoms with Crippen LogP contribution in [0.2, 0.25) is 0 Å². The molecule has 1 amide bonds. The van der Waals surface area contributed by atoms with Crippen molar-refractivity contribution in [3.8, 4) is 0 Å². The lowest BCUT2D eigenvalue weighted by Crippen LogP contribution is -2.39. The smallest absolute Gasteiger partial charge is 0.227 e. The molecule has 0 saturated carbocycles. The van der Waals surface area contributed by atoms with Crippen LogP contribution < -0.4 is 15.1 Å². The second-order valence-corrected chi connectivity index (χ2v) is 10.5. The van der Waals surface area contributed by atoms with Crippen molar-refractivity contribution in [3.05, 3.63) is 65.4 Å². The molecule has 5 heteroatoms. The molecule has 0 bridgehead atoms. The van der Waals surface area contributed by atoms with Crippen molar-refractivity contribution in [1.82, 2.24) is 0 Å². The van der Waals surface area contributed by atoms with Crippen molar-refractivity contribution in [2.75, 3.05) is 28.2 Å². The Kier molecular flexibility index (Phi) is 7.34. The summed E-state index contributed by atoms with van der Waals surface area (Å²) in [7, 11) is 0. The van der Waals surface area contributed by atoms with E-state index in [1.807, 2.05) is 29.2 Å². The molecule has 2 aromatic carbocycles. The first-order chi connectivity index (χ1) is 16.8. The summed E-state index contributed by atoms with van der Waals surface area (Å²) in [5.41, 5.74) is 5.41. The van der Waals surface area contributed by atoms with Crippen LogP contribution in [0.15, 0.2) is 59.8 Å². The van der Waals surface area contributed by atoms with Crippen molar-refractivity contribution in [2.24, 2.45) is 5.41 Å². The first-order valence-corrected chi connectivity index (χ1v) is 13.1. The zero-order valence-corrected chi connectivity index (χ0v) is 21.9. The summed E-state index contributed by atoms with van der Waals surface area (Å²) in [5, 5.41) is 3.59. The minimum absolute atomic E-state index is 0.0605. The minimum atomic E-state index is -0.445. The van der Waals surface area contributed by atoms with E-state index in [1.165, 1.54) is 0 Å². The van der Waals surface area contributed by atoms with Crippen molar-refractivity contribution in [3.63, 3.8) is 0 Å². The molecule has 0 radical (unpaired) electrons. The molecule has 0 spiro atoms. The summed E-state index contributed by atoms with van der Waals surface area (Å²) in [4.78, 5) is 31.7. The van der Waals surface area contributed by atoms with Crippen molar-refractivity contribution in [2.45, 2.75) is 72.8 Å². The van der Waals surface area contributed by atoms with Gasteiger partial charge in [0.15, 0.2) is 5.78 Å². The normalized spacial score (nSPS) is 18.9. The van der Waals surface area contributed by atoms with Gasteiger partial charge in [-0.3, -0.25) is 14.5 Å². The summed E-state index contributed by atoms with van der Waals surface area (Å²) in [6.45, 7) is 12.6. The van der Waals surface area contributed by atoms with E-state index in [0.717, 1.165) is 66.2 Å². The van der Waals surface area contributed by atoms with E-state index >= 15 is 0 Å². The number of hydrogen-bond acceptors (Lipinski definition) is 4. The van der Waals surface area contributed by atoms with Gasteiger partial charge in [-0.1, -0.05) is 51.5 Å². The van der Waals surface area contributed by atoms with E-state index in [9.17, 15) is 9.59 Å². The Morgan fingerprint density at radius 1 is 1.03 bits per heavy atom. The SMILES string of the molecule is CCCCC(=O)N1c2ccccc2NC2=C(C(=O)CC(C)(C)C2)C1c1ccc(N(CC)CC)cc1. The first kappa shape index (κ1) is 25.0. The number of amides is 1. The Bertz CT molecular complexity index is 1110. The number of para-hydroxylation sites is 2. The molecule has 2 aliphatic rings. The number of nitrogens with one attached hydrogen (secondary N) is 1. The minimum Gasteiger partial charge on any atom is -0.372 e. The Hall–Kier alpha value is -3.08. The molecule has 186 valence electrons. The zero-order valence-electron chi connectivity index (χ0n) is 21.9. The molecule has 35 heavy (non-hydrogen) atoms. The number of ketones is 1.